The van der Waals surface area contributed by atoms with Gasteiger partial charge in [-0.05, 0) is 60.9 Å². The molecule has 0 saturated heterocycles. The minimum absolute atomic E-state index is 0.235. The summed E-state index contributed by atoms with van der Waals surface area (Å²) in [4.78, 5) is 0. The van der Waals surface area contributed by atoms with Crippen LogP contribution in [0.4, 0.5) is 0 Å². The van der Waals surface area contributed by atoms with Gasteiger partial charge < -0.3 is 5.32 Å². The van der Waals surface area contributed by atoms with Crippen molar-refractivity contribution in [1.29, 1.82) is 0 Å². The van der Waals surface area contributed by atoms with Gasteiger partial charge in [0, 0.05) is 6.04 Å². The molecule has 1 unspecified atom stereocenters. The molecule has 1 nitrogen and oxygen atoms in total. The van der Waals surface area contributed by atoms with Gasteiger partial charge in [-0.3, -0.25) is 0 Å². The van der Waals surface area contributed by atoms with Gasteiger partial charge in [0.15, 0.2) is 0 Å². The molecule has 0 fully saturated rings. The van der Waals surface area contributed by atoms with Gasteiger partial charge in [-0.1, -0.05) is 53.2 Å². The largest absolute Gasteiger partial charge is 0.314 e. The van der Waals surface area contributed by atoms with Crippen LogP contribution in [-0.4, -0.2) is 12.6 Å². The summed E-state index contributed by atoms with van der Waals surface area (Å²) in [5.41, 5.74) is 6.13. The first kappa shape index (κ1) is 17.2. The van der Waals surface area contributed by atoms with E-state index in [2.05, 4.69) is 65.9 Å². The van der Waals surface area contributed by atoms with Crippen LogP contribution in [0.3, 0.4) is 0 Å². The average molecular weight is 275 g/mol. The quantitative estimate of drug-likeness (QED) is 0.777. The summed E-state index contributed by atoms with van der Waals surface area (Å²) in [5, 5.41) is 3.63. The Labute approximate surface area is 126 Å². The Morgan fingerprint density at radius 2 is 1.60 bits per heavy atom. The van der Waals surface area contributed by atoms with Crippen LogP contribution < -0.4 is 5.32 Å². The summed E-state index contributed by atoms with van der Waals surface area (Å²) in [6.07, 6.45) is 3.66. The molecule has 1 atom stereocenters. The molecular formula is C19H33N. The zero-order chi connectivity index (χ0) is 15.3. The number of benzene rings is 1. The van der Waals surface area contributed by atoms with Crippen LogP contribution >= 0.6 is 0 Å². The van der Waals surface area contributed by atoms with Crippen molar-refractivity contribution in [3.8, 4) is 0 Å². The van der Waals surface area contributed by atoms with Crippen LogP contribution in [-0.2, 0) is 11.8 Å². The van der Waals surface area contributed by atoms with Crippen LogP contribution in [0, 0.1) is 13.8 Å². The SMILES string of the molecule is CCCC(Cc1c(C)cc(C(C)(C)C)cc1C)NCC. The highest BCUT2D eigenvalue weighted by Gasteiger charge is 2.17. The van der Waals surface area contributed by atoms with Crippen molar-refractivity contribution in [3.05, 3.63) is 34.4 Å². The summed E-state index contributed by atoms with van der Waals surface area (Å²) < 4.78 is 0. The molecule has 0 heterocycles. The second kappa shape index (κ2) is 7.26. The Morgan fingerprint density at radius 1 is 1.05 bits per heavy atom. The summed E-state index contributed by atoms with van der Waals surface area (Å²) in [6.45, 7) is 16.9. The lowest BCUT2D eigenvalue weighted by molar-refractivity contribution is 0.484. The van der Waals surface area contributed by atoms with Crippen molar-refractivity contribution >= 4 is 0 Å². The molecule has 0 radical (unpaired) electrons. The lowest BCUT2D eigenvalue weighted by Gasteiger charge is -2.24. The second-order valence-corrected chi connectivity index (χ2v) is 7.09. The molecule has 0 spiro atoms. The predicted molar refractivity (Wildman–Crippen MR) is 90.7 cm³/mol. The predicted octanol–water partition coefficient (Wildman–Crippen LogP) is 4.92. The van der Waals surface area contributed by atoms with Crippen molar-refractivity contribution in [2.45, 2.75) is 79.2 Å². The van der Waals surface area contributed by atoms with E-state index in [9.17, 15) is 0 Å². The van der Waals surface area contributed by atoms with E-state index >= 15 is 0 Å². The number of nitrogens with one attached hydrogen (secondary N) is 1. The highest BCUT2D eigenvalue weighted by Crippen LogP contribution is 2.27. The molecule has 1 aromatic carbocycles. The average Bonchev–Trinajstić information content (AvgIpc) is 2.32. The molecule has 20 heavy (non-hydrogen) atoms. The van der Waals surface area contributed by atoms with Gasteiger partial charge in [0.25, 0.3) is 0 Å². The molecule has 1 N–H and O–H groups in total. The molecule has 0 amide bonds. The Bertz CT molecular complexity index is 397. The Balaban J connectivity index is 3.01. The third-order valence-corrected chi connectivity index (χ3v) is 4.14. The summed E-state index contributed by atoms with van der Waals surface area (Å²) in [6, 6.07) is 5.39. The van der Waals surface area contributed by atoms with Crippen molar-refractivity contribution in [3.63, 3.8) is 0 Å². The fourth-order valence-electron chi connectivity index (χ4n) is 2.91. The third-order valence-electron chi connectivity index (χ3n) is 4.14. The van der Waals surface area contributed by atoms with Gasteiger partial charge in [-0.25, -0.2) is 0 Å². The van der Waals surface area contributed by atoms with Crippen LogP contribution in [0.2, 0.25) is 0 Å². The van der Waals surface area contributed by atoms with Gasteiger partial charge in [0.1, 0.15) is 0 Å². The van der Waals surface area contributed by atoms with E-state index < -0.39 is 0 Å². The molecule has 0 aliphatic carbocycles. The second-order valence-electron chi connectivity index (χ2n) is 7.09. The van der Waals surface area contributed by atoms with Crippen LogP contribution in [0.1, 0.15) is 69.7 Å². The van der Waals surface area contributed by atoms with E-state index in [1.807, 2.05) is 0 Å². The maximum absolute atomic E-state index is 3.63. The maximum atomic E-state index is 3.63. The Kier molecular flexibility index (Phi) is 6.26. The Morgan fingerprint density at radius 3 is 2.00 bits per heavy atom. The molecule has 114 valence electrons. The fraction of sp³-hybridized carbons (Fsp3) is 0.684. The standard InChI is InChI=1S/C19H33N/c1-8-10-17(20-9-2)13-18-14(3)11-16(12-15(18)4)19(5,6)7/h11-12,17,20H,8-10,13H2,1-7H3. The first-order valence-electron chi connectivity index (χ1n) is 8.13. The van der Waals surface area contributed by atoms with Gasteiger partial charge in [0.2, 0.25) is 0 Å². The first-order valence-corrected chi connectivity index (χ1v) is 8.13. The van der Waals surface area contributed by atoms with E-state index in [-0.39, 0.29) is 5.41 Å². The van der Waals surface area contributed by atoms with E-state index in [4.69, 9.17) is 0 Å². The smallest absolute Gasteiger partial charge is 0.0107 e. The van der Waals surface area contributed by atoms with Crippen molar-refractivity contribution < 1.29 is 0 Å². The summed E-state index contributed by atoms with van der Waals surface area (Å²) in [5.74, 6) is 0. The topological polar surface area (TPSA) is 12.0 Å². The zero-order valence-corrected chi connectivity index (χ0v) is 14.6. The van der Waals surface area contributed by atoms with Crippen molar-refractivity contribution in [2.24, 2.45) is 0 Å². The summed E-state index contributed by atoms with van der Waals surface area (Å²) in [7, 11) is 0. The number of likely N-dealkylation sites (N-methyl/N-ethyl adjacent to an activating group) is 1. The van der Waals surface area contributed by atoms with E-state index in [1.54, 1.807) is 0 Å². The number of aryl methyl sites for hydroxylation is 2. The molecule has 0 aliphatic rings. The highest BCUT2D eigenvalue weighted by atomic mass is 14.9. The zero-order valence-electron chi connectivity index (χ0n) is 14.6. The van der Waals surface area contributed by atoms with Crippen LogP contribution in [0.5, 0.6) is 0 Å². The number of hydrogen-bond donors (Lipinski definition) is 1. The molecule has 0 aliphatic heterocycles. The first-order chi connectivity index (χ1) is 9.29. The van der Waals surface area contributed by atoms with E-state index in [0.717, 1.165) is 13.0 Å². The van der Waals surface area contributed by atoms with Crippen molar-refractivity contribution in [1.82, 2.24) is 5.32 Å². The van der Waals surface area contributed by atoms with E-state index in [1.165, 1.54) is 35.1 Å². The highest BCUT2D eigenvalue weighted by molar-refractivity contribution is 5.40. The normalized spacial score (nSPS) is 13.6. The minimum atomic E-state index is 0.235. The van der Waals surface area contributed by atoms with E-state index in [0.29, 0.717) is 6.04 Å². The monoisotopic (exact) mass is 275 g/mol. The van der Waals surface area contributed by atoms with Crippen LogP contribution in [0.25, 0.3) is 0 Å². The number of hydrogen-bond acceptors (Lipinski definition) is 1. The van der Waals surface area contributed by atoms with Crippen molar-refractivity contribution in [2.75, 3.05) is 6.54 Å². The molecule has 0 bridgehead atoms. The summed E-state index contributed by atoms with van der Waals surface area (Å²) >= 11 is 0. The fourth-order valence-corrected chi connectivity index (χ4v) is 2.91. The van der Waals surface area contributed by atoms with Gasteiger partial charge >= 0.3 is 0 Å². The molecule has 1 heteroatoms. The Hall–Kier alpha value is -0.820. The van der Waals surface area contributed by atoms with Crippen LogP contribution in [0.15, 0.2) is 12.1 Å². The molecule has 1 rings (SSSR count). The maximum Gasteiger partial charge on any atom is 0.0107 e. The molecule has 0 saturated carbocycles. The molecule has 0 aromatic heterocycles. The van der Waals surface area contributed by atoms with Gasteiger partial charge in [0.05, 0.1) is 0 Å². The lowest BCUT2D eigenvalue weighted by Crippen LogP contribution is -2.31. The van der Waals surface area contributed by atoms with Gasteiger partial charge in [-0.2, -0.15) is 0 Å². The molecular weight excluding hydrogens is 242 g/mol. The molecule has 1 aromatic rings. The minimum Gasteiger partial charge on any atom is -0.314 e. The third kappa shape index (κ3) is 4.63. The number of rotatable bonds is 6. The lowest BCUT2D eigenvalue weighted by atomic mass is 9.82. The van der Waals surface area contributed by atoms with Gasteiger partial charge in [-0.15, -0.1) is 0 Å².